The van der Waals surface area contributed by atoms with Crippen LogP contribution >= 0.6 is 0 Å². The molecule has 0 aliphatic heterocycles. The van der Waals surface area contributed by atoms with Crippen LogP contribution in [0, 0.1) is 0 Å². The first-order valence-corrected chi connectivity index (χ1v) is 8.00. The van der Waals surface area contributed by atoms with Crippen molar-refractivity contribution in [2.45, 2.75) is 31.2 Å². The number of carboxylic acids is 1. The first-order chi connectivity index (χ1) is 9.77. The van der Waals surface area contributed by atoms with Crippen molar-refractivity contribution in [3.63, 3.8) is 0 Å². The Labute approximate surface area is 124 Å². The Bertz CT molecular complexity index is 599. The predicted molar refractivity (Wildman–Crippen MR) is 79.1 cm³/mol. The maximum absolute atomic E-state index is 12.0. The van der Waals surface area contributed by atoms with Crippen LogP contribution in [-0.2, 0) is 10.0 Å². The van der Waals surface area contributed by atoms with Crippen LogP contribution in [-0.4, -0.2) is 43.8 Å². The lowest BCUT2D eigenvalue weighted by molar-refractivity contribution is 0.0697. The van der Waals surface area contributed by atoms with Crippen LogP contribution in [0.15, 0.2) is 23.1 Å². The van der Waals surface area contributed by atoms with Crippen LogP contribution in [0.4, 0.5) is 5.69 Å². The summed E-state index contributed by atoms with van der Waals surface area (Å²) in [5.74, 6) is -1.20. The van der Waals surface area contributed by atoms with E-state index >= 15 is 0 Å². The highest BCUT2D eigenvalue weighted by molar-refractivity contribution is 7.89. The summed E-state index contributed by atoms with van der Waals surface area (Å²) >= 11 is 0. The van der Waals surface area contributed by atoms with Gasteiger partial charge in [-0.25, -0.2) is 17.9 Å². The Morgan fingerprint density at radius 3 is 2.52 bits per heavy atom. The standard InChI is InChI=1S/C13H20N2O5S/c1-9(2)15-12-5-4-10(8-11(12)13(17)18)21(19,20)14-6-3-7-16/h4-5,8-9,14-16H,3,6-7H2,1-2H3,(H,17,18). The highest BCUT2D eigenvalue weighted by Crippen LogP contribution is 2.21. The second-order valence-corrected chi connectivity index (χ2v) is 6.55. The number of sulfonamides is 1. The van der Waals surface area contributed by atoms with Crippen LogP contribution in [0.1, 0.15) is 30.6 Å². The van der Waals surface area contributed by atoms with Gasteiger partial charge >= 0.3 is 5.97 Å². The van der Waals surface area contributed by atoms with E-state index in [0.717, 1.165) is 6.07 Å². The van der Waals surface area contributed by atoms with Gasteiger partial charge in [0, 0.05) is 24.9 Å². The molecule has 0 spiro atoms. The molecule has 1 aromatic rings. The molecule has 0 atom stereocenters. The third kappa shape index (κ3) is 5.00. The highest BCUT2D eigenvalue weighted by atomic mass is 32.2. The Balaban J connectivity index is 3.10. The summed E-state index contributed by atoms with van der Waals surface area (Å²) in [6, 6.07) is 3.92. The zero-order valence-corrected chi connectivity index (χ0v) is 12.8. The van der Waals surface area contributed by atoms with Gasteiger partial charge < -0.3 is 15.5 Å². The molecule has 0 fully saturated rings. The van der Waals surface area contributed by atoms with Crippen molar-refractivity contribution in [1.82, 2.24) is 4.72 Å². The number of aliphatic hydroxyl groups excluding tert-OH is 1. The Morgan fingerprint density at radius 2 is 2.00 bits per heavy atom. The monoisotopic (exact) mass is 316 g/mol. The average molecular weight is 316 g/mol. The van der Waals surface area contributed by atoms with Crippen molar-refractivity contribution >= 4 is 21.7 Å². The molecule has 7 nitrogen and oxygen atoms in total. The van der Waals surface area contributed by atoms with Gasteiger partial charge in [-0.15, -0.1) is 0 Å². The van der Waals surface area contributed by atoms with E-state index in [1.54, 1.807) is 0 Å². The van der Waals surface area contributed by atoms with E-state index < -0.39 is 16.0 Å². The second kappa shape index (κ2) is 7.39. The molecule has 1 aromatic carbocycles. The highest BCUT2D eigenvalue weighted by Gasteiger charge is 2.18. The molecule has 0 bridgehead atoms. The zero-order valence-electron chi connectivity index (χ0n) is 12.0. The number of nitrogens with one attached hydrogen (secondary N) is 2. The number of anilines is 1. The number of benzene rings is 1. The number of carbonyl (C=O) groups is 1. The maximum Gasteiger partial charge on any atom is 0.337 e. The molecule has 0 unspecified atom stereocenters. The average Bonchev–Trinajstić information content (AvgIpc) is 2.38. The molecule has 0 aliphatic rings. The number of carboxylic acid groups (broad SMARTS) is 1. The minimum absolute atomic E-state index is 0.0215. The third-order valence-electron chi connectivity index (χ3n) is 2.60. The minimum Gasteiger partial charge on any atom is -0.478 e. The van der Waals surface area contributed by atoms with Gasteiger partial charge in [0.15, 0.2) is 0 Å². The molecule has 4 N–H and O–H groups in total. The number of aromatic carboxylic acids is 1. The smallest absolute Gasteiger partial charge is 0.337 e. The fourth-order valence-corrected chi connectivity index (χ4v) is 2.77. The second-order valence-electron chi connectivity index (χ2n) is 4.79. The molecule has 0 aromatic heterocycles. The molecule has 0 radical (unpaired) electrons. The van der Waals surface area contributed by atoms with Crippen LogP contribution in [0.3, 0.4) is 0 Å². The SMILES string of the molecule is CC(C)Nc1ccc(S(=O)(=O)NCCCO)cc1C(=O)O. The van der Waals surface area contributed by atoms with Crippen molar-refractivity contribution in [3.05, 3.63) is 23.8 Å². The number of hydrogen-bond donors (Lipinski definition) is 4. The van der Waals surface area contributed by atoms with E-state index in [-0.39, 0.29) is 36.1 Å². The van der Waals surface area contributed by atoms with Gasteiger partial charge in [-0.1, -0.05) is 0 Å². The Hall–Kier alpha value is -1.64. The molecule has 21 heavy (non-hydrogen) atoms. The molecular weight excluding hydrogens is 296 g/mol. The summed E-state index contributed by atoms with van der Waals surface area (Å²) in [5, 5.41) is 20.8. The largest absolute Gasteiger partial charge is 0.478 e. The normalized spacial score (nSPS) is 11.6. The van der Waals surface area contributed by atoms with Gasteiger partial charge in [0.25, 0.3) is 0 Å². The van der Waals surface area contributed by atoms with Crippen molar-refractivity contribution in [2.24, 2.45) is 0 Å². The Morgan fingerprint density at radius 1 is 1.33 bits per heavy atom. The van der Waals surface area contributed by atoms with E-state index in [1.165, 1.54) is 12.1 Å². The summed E-state index contributed by atoms with van der Waals surface area (Å²) in [5.41, 5.74) is 0.264. The lowest BCUT2D eigenvalue weighted by atomic mass is 10.1. The van der Waals surface area contributed by atoms with Gasteiger partial charge in [-0.3, -0.25) is 0 Å². The maximum atomic E-state index is 12.0. The van der Waals surface area contributed by atoms with E-state index in [9.17, 15) is 18.3 Å². The van der Waals surface area contributed by atoms with Crippen LogP contribution in [0.5, 0.6) is 0 Å². The van der Waals surface area contributed by atoms with Crippen molar-refractivity contribution in [2.75, 3.05) is 18.5 Å². The van der Waals surface area contributed by atoms with E-state index in [2.05, 4.69) is 10.0 Å². The van der Waals surface area contributed by atoms with Gasteiger partial charge in [-0.05, 0) is 38.5 Å². The minimum atomic E-state index is -3.79. The van der Waals surface area contributed by atoms with Gasteiger partial charge in [0.2, 0.25) is 10.0 Å². The fourth-order valence-electron chi connectivity index (χ4n) is 1.67. The number of aliphatic hydroxyl groups is 1. The van der Waals surface area contributed by atoms with Gasteiger partial charge in [0.05, 0.1) is 10.5 Å². The fraction of sp³-hybridized carbons (Fsp3) is 0.462. The predicted octanol–water partition coefficient (Wildman–Crippen LogP) is 0.866. The number of rotatable bonds is 8. The van der Waals surface area contributed by atoms with E-state index in [4.69, 9.17) is 5.11 Å². The van der Waals surface area contributed by atoms with Crippen molar-refractivity contribution in [3.8, 4) is 0 Å². The lowest BCUT2D eigenvalue weighted by Gasteiger charge is -2.14. The van der Waals surface area contributed by atoms with Crippen LogP contribution in [0.2, 0.25) is 0 Å². The summed E-state index contributed by atoms with van der Waals surface area (Å²) < 4.78 is 26.3. The Kier molecular flexibility index (Phi) is 6.13. The first-order valence-electron chi connectivity index (χ1n) is 6.52. The lowest BCUT2D eigenvalue weighted by Crippen LogP contribution is -2.25. The summed E-state index contributed by atoms with van der Waals surface area (Å²) in [6.45, 7) is 3.67. The molecule has 0 saturated heterocycles. The topological polar surface area (TPSA) is 116 Å². The van der Waals surface area contributed by atoms with Crippen LogP contribution in [0.25, 0.3) is 0 Å². The van der Waals surface area contributed by atoms with Gasteiger partial charge in [0.1, 0.15) is 0 Å². The number of hydrogen-bond acceptors (Lipinski definition) is 5. The molecule has 0 heterocycles. The molecule has 0 amide bonds. The summed E-state index contributed by atoms with van der Waals surface area (Å²) in [7, 11) is -3.79. The van der Waals surface area contributed by atoms with Crippen LogP contribution < -0.4 is 10.0 Å². The molecule has 0 aliphatic carbocycles. The third-order valence-corrected chi connectivity index (χ3v) is 4.06. The first kappa shape index (κ1) is 17.4. The molecule has 8 heteroatoms. The van der Waals surface area contributed by atoms with Crippen molar-refractivity contribution < 1.29 is 23.4 Å². The zero-order chi connectivity index (χ0) is 16.0. The van der Waals surface area contributed by atoms with E-state index in [0.29, 0.717) is 5.69 Å². The van der Waals surface area contributed by atoms with Crippen molar-refractivity contribution in [1.29, 1.82) is 0 Å². The summed E-state index contributed by atoms with van der Waals surface area (Å²) in [4.78, 5) is 11.1. The molecule has 118 valence electrons. The molecule has 1 rings (SSSR count). The summed E-state index contributed by atoms with van der Waals surface area (Å²) in [6.07, 6.45) is 0.290. The molecule has 0 saturated carbocycles. The van der Waals surface area contributed by atoms with Gasteiger partial charge in [-0.2, -0.15) is 0 Å². The quantitative estimate of drug-likeness (QED) is 0.529. The van der Waals surface area contributed by atoms with E-state index in [1.807, 2.05) is 13.8 Å². The molecular formula is C13H20N2O5S.